The molecule has 0 aliphatic carbocycles. The summed E-state index contributed by atoms with van der Waals surface area (Å²) in [6, 6.07) is 11.1. The zero-order chi connectivity index (χ0) is 24.0. The molecule has 0 spiro atoms. The maximum atomic E-state index is 6.28. The smallest absolute Gasteiger partial charge is 0.399 e. The average Bonchev–Trinajstić information content (AvgIpc) is 3.17. The summed E-state index contributed by atoms with van der Waals surface area (Å²) >= 11 is 6.19. The Morgan fingerprint density at radius 3 is 2.39 bits per heavy atom. The number of pyridine rings is 1. The van der Waals surface area contributed by atoms with Crippen molar-refractivity contribution in [1.29, 1.82) is 0 Å². The number of aromatic nitrogens is 3. The van der Waals surface area contributed by atoms with Crippen LogP contribution in [0.4, 0.5) is 0 Å². The molecule has 2 aromatic heterocycles. The summed E-state index contributed by atoms with van der Waals surface area (Å²) in [5.74, 6) is 0. The van der Waals surface area contributed by atoms with E-state index in [2.05, 4.69) is 64.5 Å². The van der Waals surface area contributed by atoms with E-state index in [-0.39, 0.29) is 0 Å². The van der Waals surface area contributed by atoms with Crippen molar-refractivity contribution < 1.29 is 14.0 Å². The van der Waals surface area contributed by atoms with Gasteiger partial charge in [0.1, 0.15) is 17.6 Å². The van der Waals surface area contributed by atoms with Gasteiger partial charge >= 0.3 is 7.12 Å². The van der Waals surface area contributed by atoms with Gasteiger partial charge in [0.15, 0.2) is 0 Å². The number of fused-ring (bicyclic) bond motifs is 1. The van der Waals surface area contributed by atoms with Crippen molar-refractivity contribution in [2.75, 3.05) is 6.61 Å². The molecule has 9 heteroatoms. The average molecular weight is 486 g/mol. The van der Waals surface area contributed by atoms with Crippen LogP contribution in [-0.2, 0) is 20.8 Å². The van der Waals surface area contributed by atoms with E-state index >= 15 is 0 Å². The molecule has 0 radical (unpaired) electrons. The first-order valence-electron chi connectivity index (χ1n) is 11.4. The van der Waals surface area contributed by atoms with Crippen molar-refractivity contribution in [3.63, 3.8) is 0 Å². The van der Waals surface area contributed by atoms with Crippen LogP contribution in [0.15, 0.2) is 36.5 Å². The summed E-state index contributed by atoms with van der Waals surface area (Å²) in [6.07, 6.45) is 1.70. The zero-order valence-electron chi connectivity index (χ0n) is 20.6. The lowest BCUT2D eigenvalue weighted by Gasteiger charge is -2.32. The molecule has 0 unspecified atom stereocenters. The highest BCUT2D eigenvalue weighted by Crippen LogP contribution is 2.37. The number of rotatable bonds is 7. The second kappa shape index (κ2) is 8.82. The first kappa shape index (κ1) is 24.4. The molecule has 0 bridgehead atoms. The molecule has 6 nitrogen and oxygen atoms in total. The molecule has 1 aliphatic heterocycles. The molecule has 176 valence electrons. The maximum Gasteiger partial charge on any atom is 0.494 e. The van der Waals surface area contributed by atoms with Crippen molar-refractivity contribution in [2.45, 2.75) is 71.3 Å². The minimum absolute atomic E-state index is 0.398. The van der Waals surface area contributed by atoms with Crippen molar-refractivity contribution in [1.82, 2.24) is 14.8 Å². The Morgan fingerprint density at radius 2 is 1.76 bits per heavy atom. The molecule has 3 heterocycles. The third kappa shape index (κ3) is 5.20. The predicted molar refractivity (Wildman–Crippen MR) is 138 cm³/mol. The first-order valence-corrected chi connectivity index (χ1v) is 15.5. The fraction of sp³-hybridized carbons (Fsp3) is 0.500. The van der Waals surface area contributed by atoms with Crippen LogP contribution in [-0.4, -0.2) is 47.8 Å². The summed E-state index contributed by atoms with van der Waals surface area (Å²) < 4.78 is 20.5. The van der Waals surface area contributed by atoms with Crippen molar-refractivity contribution in [3.05, 3.63) is 41.7 Å². The number of halogens is 1. The highest BCUT2D eigenvalue weighted by molar-refractivity contribution is 6.76. The van der Waals surface area contributed by atoms with Gasteiger partial charge in [-0.1, -0.05) is 43.4 Å². The minimum Gasteiger partial charge on any atom is -0.399 e. The Labute approximate surface area is 202 Å². The fourth-order valence-corrected chi connectivity index (χ4v) is 4.64. The van der Waals surface area contributed by atoms with Gasteiger partial charge in [0, 0.05) is 31.8 Å². The third-order valence-electron chi connectivity index (χ3n) is 6.51. The molecular weight excluding hydrogens is 453 g/mol. The van der Waals surface area contributed by atoms with Crippen molar-refractivity contribution in [2.24, 2.45) is 0 Å². The molecule has 33 heavy (non-hydrogen) atoms. The second-order valence-electron chi connectivity index (χ2n) is 10.9. The highest BCUT2D eigenvalue weighted by Gasteiger charge is 2.51. The molecule has 1 aliphatic rings. The topological polar surface area (TPSA) is 58.4 Å². The van der Waals surface area contributed by atoms with E-state index in [1.807, 2.05) is 22.9 Å². The van der Waals surface area contributed by atoms with E-state index in [1.165, 1.54) is 0 Å². The number of nitrogens with zero attached hydrogens (tertiary/aromatic N) is 3. The quantitative estimate of drug-likeness (QED) is 0.256. The molecule has 1 fully saturated rings. The standard InChI is InChI=1S/C24H33BClN3O3Si/c1-23(2)24(3,4)32-25(31-23)18-8-9-20-19(15-18)22(17-10-11-27-21(26)14-17)28-29(20)16-30-12-13-33(5,6)7/h8-11,14-15H,12-13,16H2,1-7H3. The molecular formula is C24H33BClN3O3Si. The Hall–Kier alpha value is -1.71. The van der Waals surface area contributed by atoms with Crippen LogP contribution in [0.1, 0.15) is 27.7 Å². The number of hydrogen-bond acceptors (Lipinski definition) is 5. The van der Waals surface area contributed by atoms with E-state index in [4.69, 9.17) is 30.7 Å². The first-order chi connectivity index (χ1) is 15.4. The minimum atomic E-state index is -1.15. The van der Waals surface area contributed by atoms with Gasteiger partial charge in [0.2, 0.25) is 0 Å². The SMILES string of the molecule is CC1(C)OB(c2ccc3c(c2)c(-c2ccnc(Cl)c2)nn3COCC[Si](C)(C)C)OC1(C)C. The summed E-state index contributed by atoms with van der Waals surface area (Å²) in [5, 5.41) is 6.33. The van der Waals surface area contributed by atoms with Gasteiger partial charge in [0.05, 0.1) is 16.7 Å². The van der Waals surface area contributed by atoms with E-state index in [1.54, 1.807) is 6.20 Å². The monoisotopic (exact) mass is 485 g/mol. The Morgan fingerprint density at radius 1 is 1.06 bits per heavy atom. The lowest BCUT2D eigenvalue weighted by atomic mass is 9.78. The third-order valence-corrected chi connectivity index (χ3v) is 8.42. The molecule has 1 aromatic carbocycles. The molecule has 3 aromatic rings. The highest BCUT2D eigenvalue weighted by atomic mass is 35.5. The lowest BCUT2D eigenvalue weighted by Crippen LogP contribution is -2.41. The van der Waals surface area contributed by atoms with Gasteiger partial charge in [0.25, 0.3) is 0 Å². The van der Waals surface area contributed by atoms with Gasteiger partial charge in [-0.05, 0) is 57.4 Å². The number of hydrogen-bond donors (Lipinski definition) is 0. The van der Waals surface area contributed by atoms with E-state index in [0.29, 0.717) is 11.9 Å². The normalized spacial score (nSPS) is 17.8. The summed E-state index contributed by atoms with van der Waals surface area (Å²) in [5.41, 5.74) is 2.90. The molecule has 0 saturated carbocycles. The van der Waals surface area contributed by atoms with Gasteiger partial charge in [-0.2, -0.15) is 5.10 Å². The van der Waals surface area contributed by atoms with Crippen LogP contribution >= 0.6 is 11.6 Å². The number of benzene rings is 1. The summed E-state index contributed by atoms with van der Waals surface area (Å²) in [6.45, 7) is 16.4. The number of ether oxygens (including phenoxy) is 1. The fourth-order valence-electron chi connectivity index (χ4n) is 3.71. The Balaban J connectivity index is 1.70. The molecule has 1 saturated heterocycles. The zero-order valence-corrected chi connectivity index (χ0v) is 22.4. The Bertz CT molecular complexity index is 1140. The van der Waals surface area contributed by atoms with Gasteiger partial charge < -0.3 is 14.0 Å². The summed E-state index contributed by atoms with van der Waals surface area (Å²) in [7, 11) is -1.59. The predicted octanol–water partition coefficient (Wildman–Crippen LogP) is 5.36. The summed E-state index contributed by atoms with van der Waals surface area (Å²) in [4.78, 5) is 4.12. The molecule has 0 N–H and O–H groups in total. The van der Waals surface area contributed by atoms with Crippen molar-refractivity contribution in [3.8, 4) is 11.3 Å². The van der Waals surface area contributed by atoms with Crippen LogP contribution in [0.25, 0.3) is 22.2 Å². The van der Waals surface area contributed by atoms with E-state index in [0.717, 1.165) is 40.3 Å². The van der Waals surface area contributed by atoms with Crippen LogP contribution in [0.3, 0.4) is 0 Å². The Kier molecular flexibility index (Phi) is 6.52. The van der Waals surface area contributed by atoms with Crippen LogP contribution in [0.5, 0.6) is 0 Å². The van der Waals surface area contributed by atoms with Crippen LogP contribution in [0, 0.1) is 0 Å². The molecule has 0 atom stereocenters. The second-order valence-corrected chi connectivity index (χ2v) is 16.9. The van der Waals surface area contributed by atoms with E-state index in [9.17, 15) is 0 Å². The van der Waals surface area contributed by atoms with Crippen LogP contribution < -0.4 is 5.46 Å². The molecule has 4 rings (SSSR count). The maximum absolute atomic E-state index is 6.28. The lowest BCUT2D eigenvalue weighted by molar-refractivity contribution is 0.00578. The van der Waals surface area contributed by atoms with Gasteiger partial charge in [-0.3, -0.25) is 0 Å². The molecule has 0 amide bonds. The van der Waals surface area contributed by atoms with Gasteiger partial charge in [-0.25, -0.2) is 9.67 Å². The van der Waals surface area contributed by atoms with Crippen molar-refractivity contribution >= 4 is 43.2 Å². The largest absolute Gasteiger partial charge is 0.494 e. The van der Waals surface area contributed by atoms with Gasteiger partial charge in [-0.15, -0.1) is 0 Å². The van der Waals surface area contributed by atoms with Crippen LogP contribution in [0.2, 0.25) is 30.8 Å². The van der Waals surface area contributed by atoms with E-state index < -0.39 is 26.4 Å².